The molecule has 0 bridgehead atoms. The Morgan fingerprint density at radius 1 is 0.862 bits per heavy atom. The third-order valence-electron chi connectivity index (χ3n) is 5.18. The summed E-state index contributed by atoms with van der Waals surface area (Å²) in [4.78, 5) is 44.5. The summed E-state index contributed by atoms with van der Waals surface area (Å²) in [5.41, 5.74) is 4.58. The van der Waals surface area contributed by atoms with Crippen molar-refractivity contribution in [1.29, 1.82) is 0 Å². The number of hydrogen-bond donors (Lipinski definition) is 1. The van der Waals surface area contributed by atoms with E-state index in [-0.39, 0.29) is 17.7 Å². The van der Waals surface area contributed by atoms with Crippen molar-refractivity contribution < 1.29 is 14.4 Å². The summed E-state index contributed by atoms with van der Waals surface area (Å²) in [5.74, 6) is -0.472. The zero-order valence-corrected chi connectivity index (χ0v) is 17.3. The van der Waals surface area contributed by atoms with Crippen LogP contribution in [0.1, 0.15) is 44.3 Å². The molecular formula is C22H26N4O3. The third kappa shape index (κ3) is 4.62. The Morgan fingerprint density at radius 3 is 2.00 bits per heavy atom. The molecule has 1 aromatic heterocycles. The van der Waals surface area contributed by atoms with Crippen molar-refractivity contribution in [1.82, 2.24) is 14.8 Å². The van der Waals surface area contributed by atoms with Crippen LogP contribution in [0.25, 0.3) is 0 Å². The zero-order valence-electron chi connectivity index (χ0n) is 17.3. The Labute approximate surface area is 170 Å². The lowest BCUT2D eigenvalue weighted by Crippen LogP contribution is -2.50. The molecule has 1 aliphatic heterocycles. The molecule has 152 valence electrons. The minimum Gasteiger partial charge on any atom is -0.339 e. The van der Waals surface area contributed by atoms with Crippen LogP contribution in [-0.2, 0) is 4.79 Å². The number of benzene rings is 1. The van der Waals surface area contributed by atoms with Gasteiger partial charge < -0.3 is 15.1 Å². The van der Waals surface area contributed by atoms with Gasteiger partial charge in [-0.1, -0.05) is 17.7 Å². The van der Waals surface area contributed by atoms with E-state index in [1.54, 1.807) is 15.9 Å². The summed E-state index contributed by atoms with van der Waals surface area (Å²) in [6.07, 6.45) is 2.93. The number of piperazine rings is 1. The fourth-order valence-corrected chi connectivity index (χ4v) is 3.65. The van der Waals surface area contributed by atoms with Crippen molar-refractivity contribution in [2.45, 2.75) is 27.7 Å². The molecule has 3 rings (SSSR count). The maximum absolute atomic E-state index is 12.8. The molecule has 7 nitrogen and oxygen atoms in total. The molecule has 0 radical (unpaired) electrons. The van der Waals surface area contributed by atoms with E-state index in [0.717, 1.165) is 22.4 Å². The highest BCUT2D eigenvalue weighted by molar-refractivity contribution is 6.06. The number of nitrogens with one attached hydrogen (secondary N) is 1. The minimum absolute atomic E-state index is 0.0131. The molecule has 1 saturated heterocycles. The van der Waals surface area contributed by atoms with E-state index in [4.69, 9.17) is 0 Å². The van der Waals surface area contributed by atoms with Gasteiger partial charge in [-0.2, -0.15) is 0 Å². The molecule has 7 heteroatoms. The molecule has 0 atom stereocenters. The summed E-state index contributed by atoms with van der Waals surface area (Å²) < 4.78 is 0. The van der Waals surface area contributed by atoms with Gasteiger partial charge in [0.25, 0.3) is 11.8 Å². The Kier molecular flexibility index (Phi) is 5.96. The third-order valence-corrected chi connectivity index (χ3v) is 5.18. The summed E-state index contributed by atoms with van der Waals surface area (Å²) >= 11 is 0. The summed E-state index contributed by atoms with van der Waals surface area (Å²) in [6.45, 7) is 9.42. The molecule has 0 unspecified atom stereocenters. The molecule has 3 amide bonds. The maximum Gasteiger partial charge on any atom is 0.257 e. The predicted molar refractivity (Wildman–Crippen MR) is 111 cm³/mol. The lowest BCUT2D eigenvalue weighted by atomic mass is 10.0. The Morgan fingerprint density at radius 2 is 1.41 bits per heavy atom. The number of carbonyl (C=O) groups excluding carboxylic acids is 3. The molecule has 1 aromatic carbocycles. The summed E-state index contributed by atoms with van der Waals surface area (Å²) in [5, 5.41) is 2.94. The van der Waals surface area contributed by atoms with Gasteiger partial charge in [-0.25, -0.2) is 0 Å². The first kappa shape index (κ1) is 20.5. The second kappa shape index (κ2) is 8.43. The lowest BCUT2D eigenvalue weighted by molar-refractivity contribution is -0.130. The lowest BCUT2D eigenvalue weighted by Gasteiger charge is -2.34. The Bertz CT molecular complexity index is 939. The maximum atomic E-state index is 12.8. The van der Waals surface area contributed by atoms with Crippen LogP contribution >= 0.6 is 0 Å². The van der Waals surface area contributed by atoms with E-state index in [0.29, 0.717) is 37.3 Å². The molecule has 0 saturated carbocycles. The van der Waals surface area contributed by atoms with Gasteiger partial charge in [0.1, 0.15) is 0 Å². The standard InChI is InChI=1S/C22H26N4O3/c1-14-9-15(2)20(16(3)10-14)24-21(28)18-11-19(13-23-12-18)22(29)26-7-5-25(6-8-26)17(4)27/h9-13H,5-8H2,1-4H3,(H,24,28). The highest BCUT2D eigenvalue weighted by atomic mass is 16.2. The van der Waals surface area contributed by atoms with Gasteiger partial charge >= 0.3 is 0 Å². The molecule has 2 aromatic rings. The first-order chi connectivity index (χ1) is 13.8. The summed E-state index contributed by atoms with van der Waals surface area (Å²) in [7, 11) is 0. The molecule has 2 heterocycles. The van der Waals surface area contributed by atoms with Gasteiger partial charge in [0.05, 0.1) is 11.1 Å². The smallest absolute Gasteiger partial charge is 0.257 e. The average Bonchev–Trinajstić information content (AvgIpc) is 2.70. The number of anilines is 1. The van der Waals surface area contributed by atoms with Crippen LogP contribution in [0.4, 0.5) is 5.69 Å². The second-order valence-corrected chi connectivity index (χ2v) is 7.49. The first-order valence-electron chi connectivity index (χ1n) is 9.65. The van der Waals surface area contributed by atoms with Gasteiger partial charge in [-0.05, 0) is 38.0 Å². The number of carbonyl (C=O) groups is 3. The van der Waals surface area contributed by atoms with E-state index in [9.17, 15) is 14.4 Å². The van der Waals surface area contributed by atoms with E-state index < -0.39 is 0 Å². The molecule has 29 heavy (non-hydrogen) atoms. The normalized spacial score (nSPS) is 13.9. The highest BCUT2D eigenvalue weighted by Gasteiger charge is 2.24. The predicted octanol–water partition coefficient (Wildman–Crippen LogP) is 2.56. The van der Waals surface area contributed by atoms with E-state index in [1.807, 2.05) is 32.9 Å². The zero-order chi connectivity index (χ0) is 21.1. The van der Waals surface area contributed by atoms with E-state index in [2.05, 4.69) is 10.3 Å². The molecule has 1 aliphatic rings. The SMILES string of the molecule is CC(=O)N1CCN(C(=O)c2cncc(C(=O)Nc3c(C)cc(C)cc3C)c2)CC1. The largest absolute Gasteiger partial charge is 0.339 e. The molecule has 0 aliphatic carbocycles. The van der Waals surface area contributed by atoms with Crippen molar-refractivity contribution in [3.63, 3.8) is 0 Å². The van der Waals surface area contributed by atoms with Crippen LogP contribution in [0, 0.1) is 20.8 Å². The molecule has 1 N–H and O–H groups in total. The topological polar surface area (TPSA) is 82.6 Å². The van der Waals surface area contributed by atoms with Crippen molar-refractivity contribution in [2.75, 3.05) is 31.5 Å². The Balaban J connectivity index is 1.73. The highest BCUT2D eigenvalue weighted by Crippen LogP contribution is 2.22. The fourth-order valence-electron chi connectivity index (χ4n) is 3.65. The van der Waals surface area contributed by atoms with Crippen molar-refractivity contribution >= 4 is 23.4 Å². The van der Waals surface area contributed by atoms with Gasteiger partial charge in [0.15, 0.2) is 0 Å². The summed E-state index contributed by atoms with van der Waals surface area (Å²) in [6, 6.07) is 5.60. The molecular weight excluding hydrogens is 368 g/mol. The first-order valence-corrected chi connectivity index (χ1v) is 9.65. The number of hydrogen-bond acceptors (Lipinski definition) is 4. The monoisotopic (exact) mass is 394 g/mol. The quantitative estimate of drug-likeness (QED) is 0.867. The van der Waals surface area contributed by atoms with Crippen LogP contribution in [0.3, 0.4) is 0 Å². The van der Waals surface area contributed by atoms with Gasteiger partial charge in [-0.3, -0.25) is 19.4 Å². The number of amides is 3. The van der Waals surface area contributed by atoms with Crippen LogP contribution in [0.2, 0.25) is 0 Å². The van der Waals surface area contributed by atoms with Gasteiger partial charge in [0.2, 0.25) is 5.91 Å². The van der Waals surface area contributed by atoms with Gasteiger partial charge in [0, 0.05) is 51.2 Å². The van der Waals surface area contributed by atoms with Gasteiger partial charge in [-0.15, -0.1) is 0 Å². The van der Waals surface area contributed by atoms with Crippen molar-refractivity contribution in [3.05, 3.63) is 58.4 Å². The number of nitrogens with zero attached hydrogens (tertiary/aromatic N) is 3. The second-order valence-electron chi connectivity index (χ2n) is 7.49. The number of rotatable bonds is 3. The molecule has 0 spiro atoms. The van der Waals surface area contributed by atoms with Crippen LogP contribution in [-0.4, -0.2) is 58.7 Å². The van der Waals surface area contributed by atoms with Crippen LogP contribution in [0.15, 0.2) is 30.6 Å². The number of aromatic nitrogens is 1. The van der Waals surface area contributed by atoms with E-state index >= 15 is 0 Å². The number of aryl methyl sites for hydroxylation is 3. The van der Waals surface area contributed by atoms with Crippen molar-refractivity contribution in [3.8, 4) is 0 Å². The fraction of sp³-hybridized carbons (Fsp3) is 0.364. The molecule has 1 fully saturated rings. The van der Waals surface area contributed by atoms with E-state index in [1.165, 1.54) is 19.3 Å². The van der Waals surface area contributed by atoms with Crippen LogP contribution < -0.4 is 5.32 Å². The van der Waals surface area contributed by atoms with Crippen molar-refractivity contribution in [2.24, 2.45) is 0 Å². The van der Waals surface area contributed by atoms with Crippen LogP contribution in [0.5, 0.6) is 0 Å². The average molecular weight is 394 g/mol. The minimum atomic E-state index is -0.302. The number of pyridine rings is 1. The Hall–Kier alpha value is -3.22.